The van der Waals surface area contributed by atoms with Gasteiger partial charge in [-0.2, -0.15) is 0 Å². The minimum Gasteiger partial charge on any atom is -0.546 e. The predicted octanol–water partition coefficient (Wildman–Crippen LogP) is 10.3. The molecule has 39 heavy (non-hydrogen) atoms. The van der Waals surface area contributed by atoms with Crippen molar-refractivity contribution in [1.29, 1.82) is 0 Å². The summed E-state index contributed by atoms with van der Waals surface area (Å²) in [5.74, 6) is 1.97. The van der Waals surface area contributed by atoms with Crippen molar-refractivity contribution in [3.63, 3.8) is 0 Å². The highest BCUT2D eigenvalue weighted by atomic mass is 28.4. The maximum absolute atomic E-state index is 7.25. The molecule has 2 aliphatic heterocycles. The number of ether oxygens (including phenoxy) is 2. The molecule has 0 saturated carbocycles. The Balaban J connectivity index is 2.28. The maximum atomic E-state index is 7.25. The Morgan fingerprint density at radius 1 is 0.872 bits per heavy atom. The van der Waals surface area contributed by atoms with Crippen molar-refractivity contribution in [2.45, 2.75) is 187 Å². The van der Waals surface area contributed by atoms with Crippen LogP contribution >= 0.6 is 0 Å². The Bertz CT molecular complexity index is 748. The van der Waals surface area contributed by atoms with Gasteiger partial charge in [-0.15, -0.1) is 0 Å². The van der Waals surface area contributed by atoms with Gasteiger partial charge in [0.2, 0.25) is 8.32 Å². The van der Waals surface area contributed by atoms with Crippen molar-refractivity contribution < 1.29 is 18.3 Å². The predicted molar refractivity (Wildman–Crippen MR) is 172 cm³/mol. The fraction of sp³-hybridized carbons (Fsp3) is 0.939. The Morgan fingerprint density at radius 2 is 1.44 bits per heavy atom. The zero-order valence-corrected chi connectivity index (χ0v) is 30.1. The number of hydrogen-bond acceptors (Lipinski definition) is 4. The molecule has 0 N–H and O–H groups in total. The molecule has 0 spiro atoms. The highest BCUT2D eigenvalue weighted by molar-refractivity contribution is 6.74. The van der Waals surface area contributed by atoms with Crippen LogP contribution in [-0.2, 0) is 18.3 Å². The highest BCUT2D eigenvalue weighted by Gasteiger charge is 2.56. The molecular weight excluding hydrogens is 517 g/mol. The third-order valence-electron chi connectivity index (χ3n) is 11.4. The second kappa shape index (κ2) is 14.8. The van der Waals surface area contributed by atoms with E-state index in [0.717, 1.165) is 38.5 Å². The topological polar surface area (TPSA) is 36.9 Å². The zero-order valence-electron chi connectivity index (χ0n) is 28.1. The summed E-state index contributed by atoms with van der Waals surface area (Å²) in [5.41, 5.74) is -0.385. The van der Waals surface area contributed by atoms with Crippen molar-refractivity contribution in [1.82, 2.24) is 0 Å². The Hall–Kier alpha value is -0.146. The van der Waals surface area contributed by atoms with E-state index in [9.17, 15) is 0 Å². The van der Waals surface area contributed by atoms with E-state index in [1.807, 2.05) is 0 Å². The fourth-order valence-electron chi connectivity index (χ4n) is 7.87. The molecule has 2 saturated heterocycles. The Labute approximate surface area is 245 Å². The first kappa shape index (κ1) is 35.1. The molecule has 0 aliphatic carbocycles. The molecule has 0 amide bonds. The molecular formula is C33H66O4Si2. The molecule has 0 bridgehead atoms. The van der Waals surface area contributed by atoms with Gasteiger partial charge < -0.3 is 18.3 Å². The van der Waals surface area contributed by atoms with Gasteiger partial charge in [0, 0.05) is 5.92 Å². The van der Waals surface area contributed by atoms with Gasteiger partial charge in [-0.25, -0.2) is 0 Å². The summed E-state index contributed by atoms with van der Waals surface area (Å²) in [4.78, 5) is 0. The average molecular weight is 583 g/mol. The van der Waals surface area contributed by atoms with Gasteiger partial charge in [0.1, 0.15) is 0 Å². The van der Waals surface area contributed by atoms with Crippen molar-refractivity contribution in [3.8, 4) is 0 Å². The Morgan fingerprint density at radius 3 is 1.85 bits per heavy atom. The monoisotopic (exact) mass is 582 g/mol. The third-order valence-corrected chi connectivity index (χ3v) is 20.7. The van der Waals surface area contributed by atoms with Crippen LogP contribution in [0, 0.1) is 11.8 Å². The standard InChI is InChI=1S/C33H66O4Si2/c1-13-28(29(14-2)36-38(17-5,18-6)19-7)31-26(11)25-33(16-4,35-31)30-23-24-32(15-3,27(12)34-30)37-39(20-8,21-9)22-10/h14,26-28,30-31H,13,15-25H2,1-12H3/b29-14+/t26-,27-,28-,30+,31-,32+,33-/m0/s1. The molecule has 2 aliphatic rings. The lowest BCUT2D eigenvalue weighted by Crippen LogP contribution is -2.60. The van der Waals surface area contributed by atoms with Crippen LogP contribution < -0.4 is 0 Å². The summed E-state index contributed by atoms with van der Waals surface area (Å²) in [5, 5.41) is 0. The van der Waals surface area contributed by atoms with Gasteiger partial charge in [-0.05, 0) is 94.6 Å². The van der Waals surface area contributed by atoms with E-state index in [0.29, 0.717) is 11.8 Å². The summed E-state index contributed by atoms with van der Waals surface area (Å²) in [6, 6.07) is 7.06. The van der Waals surface area contributed by atoms with E-state index in [2.05, 4.69) is 89.2 Å². The van der Waals surface area contributed by atoms with Crippen molar-refractivity contribution in [3.05, 3.63) is 11.8 Å². The van der Waals surface area contributed by atoms with E-state index < -0.39 is 16.6 Å². The van der Waals surface area contributed by atoms with Gasteiger partial charge in [-0.1, -0.05) is 75.3 Å². The van der Waals surface area contributed by atoms with Crippen LogP contribution in [0.4, 0.5) is 0 Å². The van der Waals surface area contributed by atoms with Crippen LogP contribution in [-0.4, -0.2) is 46.1 Å². The summed E-state index contributed by atoms with van der Waals surface area (Å²) >= 11 is 0. The fourth-order valence-corrected chi connectivity index (χ4v) is 13.8. The summed E-state index contributed by atoms with van der Waals surface area (Å²) in [6.07, 6.45) is 8.84. The second-order valence-corrected chi connectivity index (χ2v) is 22.2. The molecule has 4 nitrogen and oxygen atoms in total. The zero-order chi connectivity index (χ0) is 29.5. The second-order valence-electron chi connectivity index (χ2n) is 12.8. The lowest BCUT2D eigenvalue weighted by molar-refractivity contribution is -0.225. The molecule has 2 fully saturated rings. The Kier molecular flexibility index (Phi) is 13.3. The molecule has 0 aromatic carbocycles. The molecule has 7 atom stereocenters. The lowest BCUT2D eigenvalue weighted by atomic mass is 9.77. The minimum absolute atomic E-state index is 0.0841. The number of hydrogen-bond donors (Lipinski definition) is 0. The normalized spacial score (nSPS) is 33.4. The van der Waals surface area contributed by atoms with Crippen LogP contribution in [0.3, 0.4) is 0 Å². The van der Waals surface area contributed by atoms with Crippen LogP contribution in [0.15, 0.2) is 11.8 Å². The molecule has 6 heteroatoms. The summed E-state index contributed by atoms with van der Waals surface area (Å²) in [6.45, 7) is 27.7. The molecule has 0 unspecified atom stereocenters. The lowest BCUT2D eigenvalue weighted by Gasteiger charge is -2.52. The van der Waals surface area contributed by atoms with Gasteiger partial charge in [0.25, 0.3) is 0 Å². The average Bonchev–Trinajstić information content (AvgIpc) is 3.32. The van der Waals surface area contributed by atoms with Gasteiger partial charge in [-0.3, -0.25) is 0 Å². The van der Waals surface area contributed by atoms with Crippen LogP contribution in [0.25, 0.3) is 0 Å². The molecule has 0 aromatic heterocycles. The quantitative estimate of drug-likeness (QED) is 0.134. The molecule has 2 heterocycles. The first-order valence-corrected chi connectivity index (χ1v) is 22.0. The molecule has 0 aromatic rings. The highest BCUT2D eigenvalue weighted by Crippen LogP contribution is 2.50. The van der Waals surface area contributed by atoms with Gasteiger partial charge >= 0.3 is 0 Å². The van der Waals surface area contributed by atoms with Crippen molar-refractivity contribution in [2.24, 2.45) is 11.8 Å². The first-order valence-electron chi connectivity index (χ1n) is 16.9. The van der Waals surface area contributed by atoms with Crippen LogP contribution in [0.2, 0.25) is 36.3 Å². The molecule has 230 valence electrons. The smallest absolute Gasteiger partial charge is 0.250 e. The van der Waals surface area contributed by atoms with E-state index in [1.165, 1.54) is 42.0 Å². The molecule has 0 radical (unpaired) electrons. The summed E-state index contributed by atoms with van der Waals surface area (Å²) < 4.78 is 28.5. The maximum Gasteiger partial charge on any atom is 0.250 e. The van der Waals surface area contributed by atoms with Gasteiger partial charge in [0.05, 0.1) is 35.3 Å². The van der Waals surface area contributed by atoms with E-state index in [1.54, 1.807) is 0 Å². The van der Waals surface area contributed by atoms with Crippen LogP contribution in [0.1, 0.15) is 122 Å². The van der Waals surface area contributed by atoms with Crippen molar-refractivity contribution in [2.75, 3.05) is 0 Å². The third kappa shape index (κ3) is 7.09. The van der Waals surface area contributed by atoms with Crippen LogP contribution in [0.5, 0.6) is 0 Å². The minimum atomic E-state index is -1.75. The first-order chi connectivity index (χ1) is 18.5. The largest absolute Gasteiger partial charge is 0.546 e. The number of rotatable bonds is 16. The number of allylic oxidation sites excluding steroid dienone is 1. The van der Waals surface area contributed by atoms with E-state index in [4.69, 9.17) is 18.3 Å². The van der Waals surface area contributed by atoms with Crippen molar-refractivity contribution >= 4 is 16.6 Å². The summed E-state index contributed by atoms with van der Waals surface area (Å²) in [7, 11) is -3.48. The van der Waals surface area contributed by atoms with E-state index in [-0.39, 0.29) is 29.5 Å². The van der Waals surface area contributed by atoms with E-state index >= 15 is 0 Å². The van der Waals surface area contributed by atoms with Gasteiger partial charge in [0.15, 0.2) is 8.32 Å². The SMILES string of the molecule is C/C=C(/O[Si](CC)(CC)CC)[C@H](CC)[C@H]1O[C@](CC)([C@H]2CC[C@@](CC)(O[Si](CC)(CC)CC)[C@H](C)O2)C[C@@H]1C. The molecule has 2 rings (SSSR count).